The minimum atomic E-state index is -4.45. The summed E-state index contributed by atoms with van der Waals surface area (Å²) < 4.78 is 36.0. The summed E-state index contributed by atoms with van der Waals surface area (Å²) in [6, 6.07) is 7.32. The highest BCUT2D eigenvalue weighted by atomic mass is 19.4. The molecule has 0 heterocycles. The van der Waals surface area contributed by atoms with Gasteiger partial charge < -0.3 is 10.6 Å². The Kier molecular flexibility index (Phi) is 7.02. The fourth-order valence-electron chi connectivity index (χ4n) is 1.94. The van der Waals surface area contributed by atoms with E-state index in [0.717, 1.165) is 12.0 Å². The van der Waals surface area contributed by atoms with Crippen LogP contribution in [-0.4, -0.2) is 49.6 Å². The molecule has 2 amide bonds. The van der Waals surface area contributed by atoms with Crippen molar-refractivity contribution in [1.82, 2.24) is 10.2 Å². The largest absolute Gasteiger partial charge is 0.405 e. The molecule has 5 nitrogen and oxygen atoms in total. The number of likely N-dealkylation sites (N-methyl/N-ethyl adjacent to an activating group) is 1. The van der Waals surface area contributed by atoms with Gasteiger partial charge in [-0.15, -0.1) is 0 Å². The van der Waals surface area contributed by atoms with Crippen molar-refractivity contribution < 1.29 is 22.8 Å². The van der Waals surface area contributed by atoms with Crippen LogP contribution in [-0.2, 0) is 16.0 Å². The van der Waals surface area contributed by atoms with E-state index >= 15 is 0 Å². The summed E-state index contributed by atoms with van der Waals surface area (Å²) in [5.74, 6) is -1.12. The zero-order valence-electron chi connectivity index (χ0n) is 13.0. The maximum atomic E-state index is 12.0. The van der Waals surface area contributed by atoms with Crippen molar-refractivity contribution in [3.63, 3.8) is 0 Å². The van der Waals surface area contributed by atoms with Crippen LogP contribution >= 0.6 is 0 Å². The molecule has 0 saturated heterocycles. The van der Waals surface area contributed by atoms with Crippen LogP contribution in [0, 0.1) is 0 Å². The molecule has 1 aromatic rings. The molecule has 0 aliphatic heterocycles. The molecular formula is C15H20F3N3O2. The number of aryl methyl sites for hydroxylation is 1. The van der Waals surface area contributed by atoms with E-state index < -0.39 is 18.6 Å². The van der Waals surface area contributed by atoms with Crippen molar-refractivity contribution in [3.8, 4) is 0 Å². The SMILES string of the molecule is CCc1ccccc1NC(=O)CN(C)CC(=O)NCC(F)(F)F. The van der Waals surface area contributed by atoms with Crippen molar-refractivity contribution in [2.24, 2.45) is 0 Å². The van der Waals surface area contributed by atoms with Gasteiger partial charge in [-0.3, -0.25) is 14.5 Å². The van der Waals surface area contributed by atoms with E-state index in [2.05, 4.69) is 5.32 Å². The third-order valence-corrected chi connectivity index (χ3v) is 2.99. The molecule has 0 fully saturated rings. The molecule has 8 heteroatoms. The second kappa shape index (κ2) is 8.52. The first-order chi connectivity index (χ1) is 10.7. The summed E-state index contributed by atoms with van der Waals surface area (Å²) in [5.41, 5.74) is 1.67. The number of amides is 2. The van der Waals surface area contributed by atoms with E-state index in [1.165, 1.54) is 11.9 Å². The standard InChI is InChI=1S/C15H20F3N3O2/c1-3-11-6-4-5-7-12(11)20-14(23)9-21(2)8-13(22)19-10-15(16,17)18/h4-7H,3,8-10H2,1-2H3,(H,19,22)(H,20,23). The third kappa shape index (κ3) is 7.64. The Bertz CT molecular complexity index is 547. The predicted octanol–water partition coefficient (Wildman–Crippen LogP) is 1.80. The van der Waals surface area contributed by atoms with Crippen LogP contribution in [0.25, 0.3) is 0 Å². The molecule has 2 N–H and O–H groups in total. The summed E-state index contributed by atoms with van der Waals surface area (Å²) in [6.45, 7) is 0.189. The fourth-order valence-corrected chi connectivity index (χ4v) is 1.94. The Morgan fingerprint density at radius 2 is 1.74 bits per heavy atom. The summed E-state index contributed by atoms with van der Waals surface area (Å²) in [5, 5.41) is 4.49. The zero-order valence-corrected chi connectivity index (χ0v) is 13.0. The molecule has 0 unspecified atom stereocenters. The van der Waals surface area contributed by atoms with E-state index in [4.69, 9.17) is 0 Å². The molecule has 0 spiro atoms. The molecule has 0 atom stereocenters. The molecule has 1 aromatic carbocycles. The van der Waals surface area contributed by atoms with Gasteiger partial charge in [-0.05, 0) is 25.1 Å². The molecule has 0 saturated carbocycles. The first kappa shape index (κ1) is 19.0. The Labute approximate surface area is 132 Å². The maximum Gasteiger partial charge on any atom is 0.405 e. The number of carbonyl (C=O) groups excluding carboxylic acids is 2. The van der Waals surface area contributed by atoms with Gasteiger partial charge in [-0.2, -0.15) is 13.2 Å². The Morgan fingerprint density at radius 3 is 2.35 bits per heavy atom. The lowest BCUT2D eigenvalue weighted by atomic mass is 10.1. The fraction of sp³-hybridized carbons (Fsp3) is 0.467. The van der Waals surface area contributed by atoms with Crippen molar-refractivity contribution in [3.05, 3.63) is 29.8 Å². The van der Waals surface area contributed by atoms with Gasteiger partial charge in [-0.1, -0.05) is 25.1 Å². The lowest BCUT2D eigenvalue weighted by Gasteiger charge is -2.17. The highest BCUT2D eigenvalue weighted by Gasteiger charge is 2.27. The van der Waals surface area contributed by atoms with Gasteiger partial charge in [0.2, 0.25) is 11.8 Å². The lowest BCUT2D eigenvalue weighted by Crippen LogP contribution is -2.42. The van der Waals surface area contributed by atoms with Crippen LogP contribution in [0.1, 0.15) is 12.5 Å². The van der Waals surface area contributed by atoms with Gasteiger partial charge in [0.05, 0.1) is 13.1 Å². The number of halogens is 3. The molecule has 23 heavy (non-hydrogen) atoms. The van der Waals surface area contributed by atoms with Crippen LogP contribution < -0.4 is 10.6 Å². The smallest absolute Gasteiger partial charge is 0.346 e. The second-order valence-corrected chi connectivity index (χ2v) is 5.12. The van der Waals surface area contributed by atoms with Gasteiger partial charge in [0.15, 0.2) is 0 Å². The number of nitrogens with zero attached hydrogens (tertiary/aromatic N) is 1. The van der Waals surface area contributed by atoms with E-state index in [9.17, 15) is 22.8 Å². The molecule has 0 bridgehead atoms. The molecule has 0 aliphatic carbocycles. The first-order valence-electron chi connectivity index (χ1n) is 7.11. The van der Waals surface area contributed by atoms with Crippen LogP contribution in [0.3, 0.4) is 0 Å². The predicted molar refractivity (Wildman–Crippen MR) is 81.0 cm³/mol. The number of carbonyl (C=O) groups is 2. The average Bonchev–Trinajstić information content (AvgIpc) is 2.44. The van der Waals surface area contributed by atoms with Crippen LogP contribution in [0.2, 0.25) is 0 Å². The number of benzene rings is 1. The second-order valence-electron chi connectivity index (χ2n) is 5.12. The zero-order chi connectivity index (χ0) is 17.5. The van der Waals surface area contributed by atoms with E-state index in [1.807, 2.05) is 19.1 Å². The van der Waals surface area contributed by atoms with Gasteiger partial charge >= 0.3 is 6.18 Å². The maximum absolute atomic E-state index is 12.0. The van der Waals surface area contributed by atoms with Crippen molar-refractivity contribution in [1.29, 1.82) is 0 Å². The highest BCUT2D eigenvalue weighted by Crippen LogP contribution is 2.15. The van der Waals surface area contributed by atoms with Crippen molar-refractivity contribution in [2.75, 3.05) is 32.0 Å². The molecular weight excluding hydrogens is 311 g/mol. The number of nitrogens with one attached hydrogen (secondary N) is 2. The number of rotatable bonds is 7. The number of alkyl halides is 3. The van der Waals surface area contributed by atoms with E-state index in [0.29, 0.717) is 5.69 Å². The Balaban J connectivity index is 2.43. The monoisotopic (exact) mass is 331 g/mol. The average molecular weight is 331 g/mol. The minimum absolute atomic E-state index is 0.0997. The summed E-state index contributed by atoms with van der Waals surface area (Å²) >= 11 is 0. The highest BCUT2D eigenvalue weighted by molar-refractivity contribution is 5.93. The molecule has 128 valence electrons. The molecule has 1 rings (SSSR count). The first-order valence-corrected chi connectivity index (χ1v) is 7.11. The van der Waals surface area contributed by atoms with Gasteiger partial charge in [0.1, 0.15) is 6.54 Å². The number of anilines is 1. The third-order valence-electron chi connectivity index (χ3n) is 2.99. The van der Waals surface area contributed by atoms with Gasteiger partial charge in [-0.25, -0.2) is 0 Å². The number of hydrogen-bond acceptors (Lipinski definition) is 3. The molecule has 0 aromatic heterocycles. The van der Waals surface area contributed by atoms with Crippen LogP contribution in [0.15, 0.2) is 24.3 Å². The Morgan fingerprint density at radius 1 is 1.13 bits per heavy atom. The molecule has 0 radical (unpaired) electrons. The Hall–Kier alpha value is -2.09. The van der Waals surface area contributed by atoms with Crippen molar-refractivity contribution >= 4 is 17.5 Å². The normalized spacial score (nSPS) is 11.4. The number of para-hydroxylation sites is 1. The van der Waals surface area contributed by atoms with Gasteiger partial charge in [0, 0.05) is 5.69 Å². The lowest BCUT2D eigenvalue weighted by molar-refractivity contribution is -0.139. The molecule has 0 aliphatic rings. The van der Waals surface area contributed by atoms with E-state index in [1.54, 1.807) is 17.4 Å². The van der Waals surface area contributed by atoms with E-state index in [-0.39, 0.29) is 19.0 Å². The summed E-state index contributed by atoms with van der Waals surface area (Å²) in [7, 11) is 1.48. The topological polar surface area (TPSA) is 61.4 Å². The van der Waals surface area contributed by atoms with Crippen molar-refractivity contribution in [2.45, 2.75) is 19.5 Å². The summed E-state index contributed by atoms with van der Waals surface area (Å²) in [6.07, 6.45) is -3.69. The van der Waals surface area contributed by atoms with Crippen LogP contribution in [0.4, 0.5) is 18.9 Å². The minimum Gasteiger partial charge on any atom is -0.346 e. The van der Waals surface area contributed by atoms with Crippen LogP contribution in [0.5, 0.6) is 0 Å². The summed E-state index contributed by atoms with van der Waals surface area (Å²) in [4.78, 5) is 24.6. The van der Waals surface area contributed by atoms with Gasteiger partial charge in [0.25, 0.3) is 0 Å². The number of hydrogen-bond donors (Lipinski definition) is 2. The quantitative estimate of drug-likeness (QED) is 0.801.